The van der Waals surface area contributed by atoms with Crippen LogP contribution in [0.5, 0.6) is 23.0 Å². The van der Waals surface area contributed by atoms with E-state index < -0.39 is 0 Å². The lowest BCUT2D eigenvalue weighted by Crippen LogP contribution is -2.17. The third-order valence-electron chi connectivity index (χ3n) is 5.00. The van der Waals surface area contributed by atoms with Gasteiger partial charge in [0, 0.05) is 24.4 Å². The Labute approximate surface area is 202 Å². The van der Waals surface area contributed by atoms with Gasteiger partial charge in [-0.1, -0.05) is 31.7 Å². The van der Waals surface area contributed by atoms with E-state index in [1.807, 2.05) is 35.8 Å². The monoisotopic (exact) mass is 484 g/mol. The molecule has 1 unspecified atom stereocenters. The summed E-state index contributed by atoms with van der Waals surface area (Å²) in [6.45, 7) is 7.08. The van der Waals surface area contributed by atoms with E-state index in [1.165, 1.54) is 11.8 Å². The minimum atomic E-state index is -0.338. The standard InChI is InChI=1S/C24H28N4O5S/c1-15(2)12-28-23(16(3)33-19-7-5-6-18(11-19)30-4)26-27-24(28)34-13-22(29)25-17-8-9-20-21(10-17)32-14-31-20/h5-11,15-16H,12-14H2,1-4H3,(H,25,29). The van der Waals surface area contributed by atoms with Crippen LogP contribution in [0.3, 0.4) is 0 Å². The molecule has 2 heterocycles. The number of nitrogens with one attached hydrogen (secondary N) is 1. The van der Waals surface area contributed by atoms with Gasteiger partial charge in [0.05, 0.1) is 12.9 Å². The van der Waals surface area contributed by atoms with E-state index in [1.54, 1.807) is 25.3 Å². The van der Waals surface area contributed by atoms with Gasteiger partial charge >= 0.3 is 0 Å². The van der Waals surface area contributed by atoms with E-state index in [2.05, 4.69) is 29.4 Å². The zero-order valence-corrected chi connectivity index (χ0v) is 20.4. The van der Waals surface area contributed by atoms with Crippen LogP contribution in [0.25, 0.3) is 0 Å². The fourth-order valence-corrected chi connectivity index (χ4v) is 4.23. The maximum atomic E-state index is 12.6. The summed E-state index contributed by atoms with van der Waals surface area (Å²) in [5, 5.41) is 12.3. The highest BCUT2D eigenvalue weighted by Gasteiger charge is 2.21. The molecule has 34 heavy (non-hydrogen) atoms. The Morgan fingerprint density at radius 1 is 1.12 bits per heavy atom. The second kappa shape index (κ2) is 10.7. The molecule has 9 nitrogen and oxygen atoms in total. The number of hydrogen-bond acceptors (Lipinski definition) is 8. The number of nitrogens with zero attached hydrogens (tertiary/aromatic N) is 3. The lowest BCUT2D eigenvalue weighted by molar-refractivity contribution is -0.113. The zero-order valence-electron chi connectivity index (χ0n) is 19.6. The Kier molecular flexibility index (Phi) is 7.46. The number of carbonyl (C=O) groups is 1. The normalized spacial score (nSPS) is 13.1. The van der Waals surface area contributed by atoms with Crippen LogP contribution in [0.4, 0.5) is 5.69 Å². The highest BCUT2D eigenvalue weighted by atomic mass is 32.2. The van der Waals surface area contributed by atoms with Gasteiger partial charge in [0.15, 0.2) is 28.6 Å². The molecule has 0 spiro atoms. The first-order valence-corrected chi connectivity index (χ1v) is 12.0. The van der Waals surface area contributed by atoms with E-state index >= 15 is 0 Å². The summed E-state index contributed by atoms with van der Waals surface area (Å²) >= 11 is 1.34. The number of amides is 1. The number of thioether (sulfide) groups is 1. The molecule has 1 atom stereocenters. The molecule has 0 aliphatic carbocycles. The predicted octanol–water partition coefficient (Wildman–Crippen LogP) is 4.54. The molecule has 1 aliphatic rings. The molecule has 3 aromatic rings. The Bertz CT molecular complexity index is 1150. The Hall–Kier alpha value is -3.40. The van der Waals surface area contributed by atoms with Gasteiger partial charge in [-0.3, -0.25) is 4.79 Å². The van der Waals surface area contributed by atoms with Crippen molar-refractivity contribution >= 4 is 23.4 Å². The number of methoxy groups -OCH3 is 1. The molecule has 1 amide bonds. The Balaban J connectivity index is 1.42. The van der Waals surface area contributed by atoms with Crippen LogP contribution >= 0.6 is 11.8 Å². The molecule has 180 valence electrons. The van der Waals surface area contributed by atoms with Crippen LogP contribution in [0, 0.1) is 5.92 Å². The molecule has 0 saturated heterocycles. The molecule has 1 N–H and O–H groups in total. The van der Waals surface area contributed by atoms with Gasteiger partial charge in [0.25, 0.3) is 0 Å². The summed E-state index contributed by atoms with van der Waals surface area (Å²) in [5.74, 6) is 3.81. The number of fused-ring (bicyclic) bond motifs is 1. The number of rotatable bonds is 10. The summed E-state index contributed by atoms with van der Waals surface area (Å²) in [4.78, 5) is 12.6. The fraction of sp³-hybridized carbons (Fsp3) is 0.375. The SMILES string of the molecule is COc1cccc(OC(C)c2nnc(SCC(=O)Nc3ccc4c(c3)OCO4)n2CC(C)C)c1. The van der Waals surface area contributed by atoms with E-state index in [0.29, 0.717) is 46.4 Å². The lowest BCUT2D eigenvalue weighted by Gasteiger charge is -2.18. The topological polar surface area (TPSA) is 96.7 Å². The highest BCUT2D eigenvalue weighted by Crippen LogP contribution is 2.34. The first-order valence-electron chi connectivity index (χ1n) is 11.0. The molecular formula is C24H28N4O5S. The Morgan fingerprint density at radius 2 is 1.91 bits per heavy atom. The van der Waals surface area contributed by atoms with Crippen molar-refractivity contribution in [3.05, 3.63) is 48.3 Å². The van der Waals surface area contributed by atoms with Gasteiger partial charge in [-0.05, 0) is 37.1 Å². The van der Waals surface area contributed by atoms with Crippen LogP contribution in [0.1, 0.15) is 32.7 Å². The van der Waals surface area contributed by atoms with Crippen molar-refractivity contribution < 1.29 is 23.7 Å². The average molecular weight is 485 g/mol. The average Bonchev–Trinajstić information content (AvgIpc) is 3.44. The van der Waals surface area contributed by atoms with Gasteiger partial charge < -0.3 is 28.8 Å². The van der Waals surface area contributed by atoms with Crippen LogP contribution in [-0.2, 0) is 11.3 Å². The first kappa shape index (κ1) is 23.7. The molecule has 0 bridgehead atoms. The minimum Gasteiger partial charge on any atom is -0.497 e. The van der Waals surface area contributed by atoms with E-state index in [0.717, 1.165) is 5.75 Å². The summed E-state index contributed by atoms with van der Waals surface area (Å²) in [5.41, 5.74) is 0.652. The second-order valence-corrected chi connectivity index (χ2v) is 9.13. The number of ether oxygens (including phenoxy) is 4. The number of anilines is 1. The molecule has 0 fully saturated rings. The quantitative estimate of drug-likeness (QED) is 0.419. The molecular weight excluding hydrogens is 456 g/mol. The summed E-state index contributed by atoms with van der Waals surface area (Å²) in [7, 11) is 1.62. The van der Waals surface area contributed by atoms with Gasteiger partial charge in [-0.25, -0.2) is 0 Å². The van der Waals surface area contributed by atoms with Crippen LogP contribution < -0.4 is 24.3 Å². The molecule has 0 radical (unpaired) electrons. The van der Waals surface area contributed by atoms with Gasteiger partial charge in [-0.15, -0.1) is 10.2 Å². The van der Waals surface area contributed by atoms with Crippen molar-refractivity contribution in [1.82, 2.24) is 14.8 Å². The molecule has 4 rings (SSSR count). The largest absolute Gasteiger partial charge is 0.497 e. The number of aromatic nitrogens is 3. The van der Waals surface area contributed by atoms with Crippen LogP contribution in [-0.4, -0.2) is 40.3 Å². The Morgan fingerprint density at radius 3 is 2.71 bits per heavy atom. The van der Waals surface area contributed by atoms with Crippen molar-refractivity contribution in [2.24, 2.45) is 5.92 Å². The first-order chi connectivity index (χ1) is 16.4. The zero-order chi connectivity index (χ0) is 24.1. The fourth-order valence-electron chi connectivity index (χ4n) is 3.48. The second-order valence-electron chi connectivity index (χ2n) is 8.19. The highest BCUT2D eigenvalue weighted by molar-refractivity contribution is 7.99. The molecule has 10 heteroatoms. The summed E-state index contributed by atoms with van der Waals surface area (Å²) in [6.07, 6.45) is -0.338. The third-order valence-corrected chi connectivity index (χ3v) is 5.97. The number of carbonyl (C=O) groups excluding carboxylic acids is 1. The van der Waals surface area contributed by atoms with Crippen LogP contribution in [0.15, 0.2) is 47.6 Å². The van der Waals surface area contributed by atoms with E-state index in [-0.39, 0.29) is 24.6 Å². The predicted molar refractivity (Wildman–Crippen MR) is 129 cm³/mol. The minimum absolute atomic E-state index is 0.148. The number of benzene rings is 2. The maximum Gasteiger partial charge on any atom is 0.234 e. The van der Waals surface area contributed by atoms with Crippen molar-refractivity contribution in [1.29, 1.82) is 0 Å². The number of hydrogen-bond donors (Lipinski definition) is 1. The summed E-state index contributed by atoms with van der Waals surface area (Å²) < 4.78 is 24.1. The van der Waals surface area contributed by atoms with Crippen molar-refractivity contribution in [3.63, 3.8) is 0 Å². The molecule has 1 aromatic heterocycles. The maximum absolute atomic E-state index is 12.6. The van der Waals surface area contributed by atoms with Crippen molar-refractivity contribution in [3.8, 4) is 23.0 Å². The molecule has 1 aliphatic heterocycles. The van der Waals surface area contributed by atoms with Crippen LogP contribution in [0.2, 0.25) is 0 Å². The van der Waals surface area contributed by atoms with E-state index in [9.17, 15) is 4.79 Å². The van der Waals surface area contributed by atoms with Crippen molar-refractivity contribution in [2.45, 2.75) is 38.6 Å². The van der Waals surface area contributed by atoms with Gasteiger partial charge in [0.2, 0.25) is 12.7 Å². The van der Waals surface area contributed by atoms with Gasteiger partial charge in [0.1, 0.15) is 11.5 Å². The molecule has 0 saturated carbocycles. The summed E-state index contributed by atoms with van der Waals surface area (Å²) in [6, 6.07) is 12.8. The van der Waals surface area contributed by atoms with Crippen molar-refractivity contribution in [2.75, 3.05) is 25.0 Å². The smallest absolute Gasteiger partial charge is 0.234 e. The van der Waals surface area contributed by atoms with E-state index in [4.69, 9.17) is 18.9 Å². The van der Waals surface area contributed by atoms with Gasteiger partial charge in [-0.2, -0.15) is 0 Å². The molecule has 2 aromatic carbocycles. The third kappa shape index (κ3) is 5.74. The lowest BCUT2D eigenvalue weighted by atomic mass is 10.2.